The summed E-state index contributed by atoms with van der Waals surface area (Å²) in [5.41, 5.74) is 22.5. The van der Waals surface area contributed by atoms with Gasteiger partial charge in [0, 0.05) is 13.1 Å². The Bertz CT molecular complexity index is 349. The van der Waals surface area contributed by atoms with Gasteiger partial charge in [-0.1, -0.05) is 12.8 Å². The summed E-state index contributed by atoms with van der Waals surface area (Å²) in [5.74, 6) is -0.199. The van der Waals surface area contributed by atoms with E-state index in [4.69, 9.17) is 22.9 Å². The number of unbranched alkanes of at least 4 members (excludes halogenated alkanes) is 2. The van der Waals surface area contributed by atoms with Crippen LogP contribution in [0.4, 0.5) is 0 Å². The summed E-state index contributed by atoms with van der Waals surface area (Å²) in [5, 5.41) is 8.97. The van der Waals surface area contributed by atoms with Crippen LogP contribution in [0.2, 0.25) is 0 Å². The van der Waals surface area contributed by atoms with E-state index >= 15 is 0 Å². The zero-order chi connectivity index (χ0) is 20.3. The maximum absolute atomic E-state index is 11.8. The fraction of sp³-hybridized carbons (Fsp3) is 0.889. The zero-order valence-corrected chi connectivity index (χ0v) is 16.7. The van der Waals surface area contributed by atoms with Gasteiger partial charge in [-0.15, -0.1) is 0 Å². The van der Waals surface area contributed by atoms with Crippen molar-refractivity contribution in [3.8, 4) is 0 Å². The Hall–Kier alpha value is -1.26. The molecule has 0 bridgehead atoms. The van der Waals surface area contributed by atoms with Crippen LogP contribution in [-0.2, 0) is 9.59 Å². The Labute approximate surface area is 163 Å². The third-order valence-corrected chi connectivity index (χ3v) is 4.27. The molecular formula is C18H41N7O2. The van der Waals surface area contributed by atoms with E-state index in [9.17, 15) is 9.59 Å². The minimum absolute atomic E-state index is 0.0995. The molecule has 9 nitrogen and oxygen atoms in total. The number of amides is 2. The molecule has 0 aromatic rings. The minimum Gasteiger partial charge on any atom is -0.355 e. The van der Waals surface area contributed by atoms with Gasteiger partial charge in [-0.25, -0.2) is 0 Å². The van der Waals surface area contributed by atoms with Crippen molar-refractivity contribution in [2.75, 3.05) is 39.3 Å². The predicted octanol–water partition coefficient (Wildman–Crippen LogP) is -1.50. The molecule has 2 unspecified atom stereocenters. The van der Waals surface area contributed by atoms with Gasteiger partial charge in [0.2, 0.25) is 11.8 Å². The molecule has 0 aromatic heterocycles. The van der Waals surface area contributed by atoms with E-state index in [1.54, 1.807) is 0 Å². The Morgan fingerprint density at radius 2 is 1.04 bits per heavy atom. The lowest BCUT2D eigenvalue weighted by Gasteiger charge is -2.13. The van der Waals surface area contributed by atoms with Crippen molar-refractivity contribution in [3.05, 3.63) is 0 Å². The van der Waals surface area contributed by atoms with Crippen LogP contribution in [-0.4, -0.2) is 63.2 Å². The van der Waals surface area contributed by atoms with Crippen LogP contribution in [0.1, 0.15) is 51.4 Å². The minimum atomic E-state index is -0.449. The second-order valence-corrected chi connectivity index (χ2v) is 6.82. The number of carbonyl (C=O) groups is 2. The third-order valence-electron chi connectivity index (χ3n) is 4.27. The average Bonchev–Trinajstić information content (AvgIpc) is 2.66. The van der Waals surface area contributed by atoms with Crippen molar-refractivity contribution < 1.29 is 9.59 Å². The molecule has 0 saturated carbocycles. The average molecular weight is 388 g/mol. The Morgan fingerprint density at radius 1 is 0.630 bits per heavy atom. The molecule has 0 radical (unpaired) electrons. The van der Waals surface area contributed by atoms with Gasteiger partial charge in [-0.3, -0.25) is 9.59 Å². The standard InChI is InChI=1S/C18H41N7O2/c19-9-3-1-7-15(21)17(26)24-13-5-11-23-12-6-14-25-18(27)16(22)8-2-4-10-20/h15-16,23H,1-14,19-22H2,(H,24,26)(H,25,27). The van der Waals surface area contributed by atoms with Crippen LogP contribution in [0, 0.1) is 0 Å². The van der Waals surface area contributed by atoms with E-state index in [2.05, 4.69) is 16.0 Å². The first-order chi connectivity index (χ1) is 13.0. The lowest BCUT2D eigenvalue weighted by atomic mass is 10.1. The van der Waals surface area contributed by atoms with E-state index in [1.807, 2.05) is 0 Å². The van der Waals surface area contributed by atoms with Crippen molar-refractivity contribution in [1.29, 1.82) is 0 Å². The molecular weight excluding hydrogens is 346 g/mol. The molecule has 2 amide bonds. The first-order valence-electron chi connectivity index (χ1n) is 10.2. The van der Waals surface area contributed by atoms with Gasteiger partial charge in [-0.2, -0.15) is 0 Å². The van der Waals surface area contributed by atoms with Crippen molar-refractivity contribution in [3.63, 3.8) is 0 Å². The molecule has 0 rings (SSSR count). The van der Waals surface area contributed by atoms with Crippen molar-refractivity contribution in [2.24, 2.45) is 22.9 Å². The largest absolute Gasteiger partial charge is 0.355 e. The van der Waals surface area contributed by atoms with Gasteiger partial charge in [0.05, 0.1) is 12.1 Å². The molecule has 0 spiro atoms. The lowest BCUT2D eigenvalue weighted by Crippen LogP contribution is -2.42. The van der Waals surface area contributed by atoms with Crippen LogP contribution in [0.5, 0.6) is 0 Å². The maximum Gasteiger partial charge on any atom is 0.236 e. The number of rotatable bonds is 18. The van der Waals surface area contributed by atoms with Crippen LogP contribution in [0.3, 0.4) is 0 Å². The first kappa shape index (κ1) is 25.7. The van der Waals surface area contributed by atoms with Crippen molar-refractivity contribution >= 4 is 11.8 Å². The summed E-state index contributed by atoms with van der Waals surface area (Å²) in [7, 11) is 0. The van der Waals surface area contributed by atoms with E-state index < -0.39 is 12.1 Å². The van der Waals surface area contributed by atoms with E-state index in [0.717, 1.165) is 51.6 Å². The topological polar surface area (TPSA) is 174 Å². The quantitative estimate of drug-likeness (QED) is 0.140. The summed E-state index contributed by atoms with van der Waals surface area (Å²) in [4.78, 5) is 23.5. The van der Waals surface area contributed by atoms with Gasteiger partial charge in [0.1, 0.15) is 0 Å². The van der Waals surface area contributed by atoms with E-state index in [0.29, 0.717) is 39.0 Å². The Kier molecular flexibility index (Phi) is 17.3. The lowest BCUT2D eigenvalue weighted by molar-refractivity contribution is -0.123. The molecule has 11 N–H and O–H groups in total. The van der Waals surface area contributed by atoms with Gasteiger partial charge < -0.3 is 38.9 Å². The maximum atomic E-state index is 11.8. The highest BCUT2D eigenvalue weighted by Crippen LogP contribution is 1.98. The molecule has 9 heteroatoms. The summed E-state index contributed by atoms with van der Waals surface area (Å²) < 4.78 is 0. The summed E-state index contributed by atoms with van der Waals surface area (Å²) in [6.07, 6.45) is 6.55. The van der Waals surface area contributed by atoms with Gasteiger partial charge >= 0.3 is 0 Å². The molecule has 0 aliphatic heterocycles. The van der Waals surface area contributed by atoms with Crippen LogP contribution in [0.25, 0.3) is 0 Å². The molecule has 27 heavy (non-hydrogen) atoms. The van der Waals surface area contributed by atoms with Gasteiger partial charge in [-0.05, 0) is 64.7 Å². The second-order valence-electron chi connectivity index (χ2n) is 6.82. The molecule has 2 atom stereocenters. The first-order valence-corrected chi connectivity index (χ1v) is 10.2. The highest BCUT2D eigenvalue weighted by molar-refractivity contribution is 5.81. The predicted molar refractivity (Wildman–Crippen MR) is 110 cm³/mol. The van der Waals surface area contributed by atoms with Crippen LogP contribution < -0.4 is 38.9 Å². The fourth-order valence-corrected chi connectivity index (χ4v) is 2.52. The highest BCUT2D eigenvalue weighted by Gasteiger charge is 2.12. The fourth-order valence-electron chi connectivity index (χ4n) is 2.52. The van der Waals surface area contributed by atoms with Crippen molar-refractivity contribution in [1.82, 2.24) is 16.0 Å². The normalized spacial score (nSPS) is 13.2. The number of carbonyl (C=O) groups excluding carboxylic acids is 2. The Morgan fingerprint density at radius 3 is 1.41 bits per heavy atom. The smallest absolute Gasteiger partial charge is 0.236 e. The molecule has 0 saturated heterocycles. The third kappa shape index (κ3) is 15.5. The van der Waals surface area contributed by atoms with E-state index in [-0.39, 0.29) is 11.8 Å². The summed E-state index contributed by atoms with van der Waals surface area (Å²) >= 11 is 0. The molecule has 0 heterocycles. The molecule has 160 valence electrons. The molecule has 0 aliphatic rings. The zero-order valence-electron chi connectivity index (χ0n) is 16.7. The second kappa shape index (κ2) is 18.1. The van der Waals surface area contributed by atoms with Gasteiger partial charge in [0.25, 0.3) is 0 Å². The van der Waals surface area contributed by atoms with Gasteiger partial charge in [0.15, 0.2) is 0 Å². The van der Waals surface area contributed by atoms with Crippen LogP contribution in [0.15, 0.2) is 0 Å². The molecule has 0 aromatic carbocycles. The van der Waals surface area contributed by atoms with Crippen LogP contribution >= 0.6 is 0 Å². The number of nitrogens with two attached hydrogens (primary N) is 4. The van der Waals surface area contributed by atoms with E-state index in [1.165, 1.54) is 0 Å². The monoisotopic (exact) mass is 387 g/mol. The van der Waals surface area contributed by atoms with Crippen molar-refractivity contribution in [2.45, 2.75) is 63.5 Å². The number of hydrogen-bond acceptors (Lipinski definition) is 7. The molecule has 0 fully saturated rings. The summed E-state index contributed by atoms with van der Waals surface area (Å²) in [6, 6.07) is -0.899. The number of nitrogens with one attached hydrogen (secondary N) is 3. The number of hydrogen-bond donors (Lipinski definition) is 7. The molecule has 0 aliphatic carbocycles. The SMILES string of the molecule is NCCCCC(N)C(=O)NCCCNCCCNC(=O)C(N)CCCCN. The highest BCUT2D eigenvalue weighted by atomic mass is 16.2. The summed E-state index contributed by atoms with van der Waals surface area (Å²) in [6.45, 7) is 4.07. The Balaban J connectivity index is 3.46.